The number of piperidine rings is 2. The molecule has 2 aliphatic heterocycles. The summed E-state index contributed by atoms with van der Waals surface area (Å²) in [4.78, 5) is 23.5. The molecule has 0 aromatic heterocycles. The summed E-state index contributed by atoms with van der Waals surface area (Å²) in [6, 6.07) is 12.8. The van der Waals surface area contributed by atoms with Crippen molar-refractivity contribution in [3.63, 3.8) is 0 Å². The van der Waals surface area contributed by atoms with Crippen LogP contribution in [0.1, 0.15) is 33.6 Å². The summed E-state index contributed by atoms with van der Waals surface area (Å²) >= 11 is 11.3. The van der Waals surface area contributed by atoms with Crippen molar-refractivity contribution in [2.24, 2.45) is 0 Å². The van der Waals surface area contributed by atoms with Gasteiger partial charge >= 0.3 is 29.6 Å². The number of ether oxygens (including phenoxy) is 1. The Kier molecular flexibility index (Phi) is 21.8. The van der Waals surface area contributed by atoms with E-state index in [2.05, 4.69) is 10.6 Å². The van der Waals surface area contributed by atoms with Crippen molar-refractivity contribution in [1.29, 1.82) is 0 Å². The number of sulfonamides is 2. The van der Waals surface area contributed by atoms with Crippen LogP contribution in [0, 0.1) is 17.5 Å². The second-order valence-corrected chi connectivity index (χ2v) is 18.1. The monoisotopic (exact) mass is 1030 g/mol. The van der Waals surface area contributed by atoms with E-state index in [1.54, 1.807) is 0 Å². The summed E-state index contributed by atoms with van der Waals surface area (Å²) in [5.74, 6) is -11.7. The summed E-state index contributed by atoms with van der Waals surface area (Å²) in [6.07, 6.45) is -4.92. The number of hydrogen-bond donors (Lipinski definition) is 5. The number of anilines is 2. The number of aliphatic hydroxyl groups is 3. The van der Waals surface area contributed by atoms with E-state index in [4.69, 9.17) is 38.2 Å². The molecule has 4 aromatic rings. The van der Waals surface area contributed by atoms with E-state index in [1.807, 2.05) is 0 Å². The number of amides is 2. The van der Waals surface area contributed by atoms with Crippen LogP contribution in [0.15, 0.2) is 82.6 Å². The third-order valence-electron chi connectivity index (χ3n) is 9.26. The van der Waals surface area contributed by atoms with Gasteiger partial charge < -0.3 is 35.8 Å². The molecule has 0 radical (unpaired) electrons. The number of aliphatic hydroxyl groups excluding tert-OH is 3. The van der Waals surface area contributed by atoms with Crippen molar-refractivity contribution in [1.82, 2.24) is 8.61 Å². The Hall–Kier alpha value is -3.63. The number of carbonyl (C=O) groups is 2. The number of rotatable bonds is 9. The largest absolute Gasteiger partial charge is 1.00 e. The quantitative estimate of drug-likeness (QED) is 0.120. The topological polar surface area (TPSA) is 226 Å². The van der Waals surface area contributed by atoms with Gasteiger partial charge in [0.2, 0.25) is 20.0 Å². The van der Waals surface area contributed by atoms with Crippen molar-refractivity contribution in [2.45, 2.75) is 46.7 Å². The van der Waals surface area contributed by atoms with Crippen molar-refractivity contribution >= 4 is 66.4 Å². The van der Waals surface area contributed by atoms with E-state index in [1.165, 1.54) is 37.4 Å². The number of nitrogens with zero attached hydrogens (tertiary/aromatic N) is 2. The van der Waals surface area contributed by atoms with Crippen molar-refractivity contribution < 1.29 is 112 Å². The Morgan fingerprint density at radius 2 is 1.03 bits per heavy atom. The van der Waals surface area contributed by atoms with Crippen LogP contribution in [0.25, 0.3) is 0 Å². The van der Waals surface area contributed by atoms with E-state index in [9.17, 15) is 67.4 Å². The van der Waals surface area contributed by atoms with Crippen molar-refractivity contribution in [3.8, 4) is 5.75 Å². The van der Waals surface area contributed by atoms with E-state index < -0.39 is 116 Å². The molecule has 4 aromatic carbocycles. The fourth-order valence-corrected chi connectivity index (χ4v) is 9.46. The molecule has 2 heterocycles. The van der Waals surface area contributed by atoms with Gasteiger partial charge in [-0.05, 0) is 85.6 Å². The first-order chi connectivity index (χ1) is 30.4. The maximum Gasteiger partial charge on any atom is 1.00 e. The summed E-state index contributed by atoms with van der Waals surface area (Å²) < 4.78 is 153. The van der Waals surface area contributed by atoms with Gasteiger partial charge in [0.1, 0.15) is 45.2 Å². The zero-order valence-corrected chi connectivity index (χ0v) is 40.2. The number of nitrogens with one attached hydrogen (secondary N) is 2. The molecule has 0 aliphatic carbocycles. The zero-order chi connectivity index (χ0) is 49.2. The number of hydrogen-bond acceptors (Lipinski definition) is 11. The van der Waals surface area contributed by atoms with Crippen LogP contribution in [0.4, 0.5) is 42.1 Å². The molecule has 2 amide bonds. The Morgan fingerprint density at radius 3 is 1.41 bits per heavy atom. The molecule has 27 heteroatoms. The van der Waals surface area contributed by atoms with Crippen LogP contribution in [-0.2, 0) is 20.0 Å². The average molecular weight is 1030 g/mol. The zero-order valence-electron chi connectivity index (χ0n) is 35.0. The van der Waals surface area contributed by atoms with Crippen LogP contribution < -0.4 is 50.0 Å². The Bertz CT molecular complexity index is 2570. The Balaban J connectivity index is 0.000000416. The molecule has 2 atom stereocenters. The van der Waals surface area contributed by atoms with E-state index in [0.717, 1.165) is 50.6 Å². The minimum absolute atomic E-state index is 0. The minimum atomic E-state index is -4.71. The van der Waals surface area contributed by atoms with Crippen LogP contribution in [-0.4, -0.2) is 124 Å². The molecule has 2 unspecified atom stereocenters. The second-order valence-electron chi connectivity index (χ2n) is 13.5. The van der Waals surface area contributed by atoms with E-state index in [0.29, 0.717) is 14.7 Å². The smallest absolute Gasteiger partial charge is 0.857 e. The maximum absolute atomic E-state index is 14.2. The number of alkyl halides is 4. The number of benzene rings is 4. The summed E-state index contributed by atoms with van der Waals surface area (Å²) in [6.45, 7) is -3.29. The molecule has 0 bridgehead atoms. The van der Waals surface area contributed by atoms with Gasteiger partial charge in [0.05, 0.1) is 30.2 Å². The number of halogens is 9. The molecule has 0 spiro atoms. The van der Waals surface area contributed by atoms with Gasteiger partial charge in [0.25, 0.3) is 23.7 Å². The van der Waals surface area contributed by atoms with Gasteiger partial charge in [-0.25, -0.2) is 47.6 Å². The van der Waals surface area contributed by atoms with Gasteiger partial charge in [0.15, 0.2) is 0 Å². The third-order valence-corrected chi connectivity index (χ3v) is 13.6. The molecule has 6 rings (SSSR count). The fraction of sp³-hybridized carbons (Fsp3) is 0.333. The molecule has 5 N–H and O–H groups in total. The van der Waals surface area contributed by atoms with Crippen LogP contribution in [0.3, 0.4) is 0 Å². The first-order valence-corrected chi connectivity index (χ1v) is 22.0. The Labute approximate surface area is 406 Å². The van der Waals surface area contributed by atoms with Gasteiger partial charge in [-0.2, -0.15) is 15.7 Å². The van der Waals surface area contributed by atoms with Crippen LogP contribution >= 0.6 is 23.2 Å². The van der Waals surface area contributed by atoms with E-state index in [-0.39, 0.29) is 74.4 Å². The van der Waals surface area contributed by atoms with Gasteiger partial charge in [0, 0.05) is 42.7 Å². The molecule has 2 fully saturated rings. The molecular formula is C39H40Cl2F7N4NaO11S2. The van der Waals surface area contributed by atoms with Gasteiger partial charge in [-0.3, -0.25) is 9.59 Å². The molecular weight excluding hydrogens is 991 g/mol. The first kappa shape index (κ1) is 58.5. The minimum Gasteiger partial charge on any atom is -0.857 e. The first-order valence-electron chi connectivity index (χ1n) is 18.4. The molecule has 2 saturated heterocycles. The van der Waals surface area contributed by atoms with Gasteiger partial charge in [-0.15, -0.1) is 0 Å². The van der Waals surface area contributed by atoms with Crippen LogP contribution in [0.5, 0.6) is 5.75 Å². The molecule has 15 nitrogen and oxygen atoms in total. The second kappa shape index (κ2) is 24.6. The van der Waals surface area contributed by atoms with Crippen molar-refractivity contribution in [2.75, 3.05) is 58.1 Å². The summed E-state index contributed by atoms with van der Waals surface area (Å²) in [5.41, 5.74) is -0.117. The third kappa shape index (κ3) is 14.2. The normalized spacial score (nSPS) is 18.0. The standard InChI is InChI=1S/C19H18ClF3N2O5S.C18H15ClF4N2O4S.CH4O.CH3O.Na/c1-30-15-5-2-11(18(27)24-12-3-4-14(21)13(20)9-12)8-16(15)31(28,29)25-7-6-17(26)19(22,23)10-25;19-12-8-11(2-4-13(12)20)24-17(27)10-1-3-14(21)15(7-10)30(28,29)25-6-5-16(26)18(22,23)9-25;2*1-2;/h2-5,8-9,17,26H,6-7,10H2,1H3,(H,24,27);1-4,7-8,16,26H,5-6,9H2,(H,24,27);2H,1H3;1H3;/q;;;-1;+1. The van der Waals surface area contributed by atoms with E-state index >= 15 is 0 Å². The average Bonchev–Trinajstić information content (AvgIpc) is 3.26. The molecule has 0 saturated carbocycles. The molecule has 358 valence electrons. The fourth-order valence-electron chi connectivity index (χ4n) is 5.90. The maximum atomic E-state index is 14.2. The number of methoxy groups -OCH3 is 1. The summed E-state index contributed by atoms with van der Waals surface area (Å²) in [5, 5.41) is 38.3. The Morgan fingerprint density at radius 1 is 0.667 bits per heavy atom. The SMILES string of the molecule is CO.COc1ccc(C(=O)Nc2ccc(F)c(Cl)c2)cc1S(=O)(=O)N1CCC(O)C(F)(F)C1.C[O-].O=C(Nc1ccc(F)c(Cl)c1)c1ccc(F)c(S(=O)(=O)N2CCC(O)C(F)(F)C2)c1.[Na+]. The molecule has 2 aliphatic rings. The van der Waals surface area contributed by atoms with Crippen LogP contribution in [0.2, 0.25) is 10.0 Å². The van der Waals surface area contributed by atoms with Crippen molar-refractivity contribution in [3.05, 3.63) is 111 Å². The molecule has 66 heavy (non-hydrogen) atoms. The predicted molar refractivity (Wildman–Crippen MR) is 221 cm³/mol. The number of carbonyl (C=O) groups excluding carboxylic acids is 2. The summed E-state index contributed by atoms with van der Waals surface area (Å²) in [7, 11) is -6.24. The predicted octanol–water partition coefficient (Wildman–Crippen LogP) is 1.98. The van der Waals surface area contributed by atoms with Gasteiger partial charge in [-0.1, -0.05) is 23.2 Å².